The molecule has 3 atom stereocenters. The zero-order valence-corrected chi connectivity index (χ0v) is 26.3. The minimum Gasteiger partial charge on any atom is -0.598 e. The number of aromatic nitrogens is 1. The first kappa shape index (κ1) is 33.1. The van der Waals surface area contributed by atoms with Gasteiger partial charge in [0.15, 0.2) is 0 Å². The summed E-state index contributed by atoms with van der Waals surface area (Å²) < 4.78 is 65.7. The Balaban J connectivity index is 1.71. The number of ether oxygens (including phenoxy) is 1. The minimum absolute atomic E-state index is 0.241. The summed E-state index contributed by atoms with van der Waals surface area (Å²) in [5.41, 5.74) is -0.951. The van der Waals surface area contributed by atoms with Crippen LogP contribution in [-0.4, -0.2) is 55.3 Å². The van der Waals surface area contributed by atoms with E-state index in [0.717, 1.165) is 24.8 Å². The molecule has 1 aliphatic carbocycles. The van der Waals surface area contributed by atoms with Crippen molar-refractivity contribution in [3.05, 3.63) is 59.7 Å². The van der Waals surface area contributed by atoms with Crippen LogP contribution in [0.15, 0.2) is 42.7 Å². The van der Waals surface area contributed by atoms with Gasteiger partial charge in [-0.15, -0.1) is 4.72 Å². The molecule has 2 N–H and O–H groups in total. The number of hydrogen-bond acceptors (Lipinski definition) is 6. The fourth-order valence-corrected chi connectivity index (χ4v) is 6.03. The molecule has 2 aromatic rings. The molecule has 8 nitrogen and oxygen atoms in total. The summed E-state index contributed by atoms with van der Waals surface area (Å²) in [6, 6.07) is 6.25. The molecule has 1 saturated carbocycles. The Bertz CT molecular complexity index is 1310. The first-order valence-corrected chi connectivity index (χ1v) is 15.6. The number of likely N-dealkylation sites (tertiary alicyclic amines) is 1. The van der Waals surface area contributed by atoms with Gasteiger partial charge in [-0.2, -0.15) is 0 Å². The third-order valence-electron chi connectivity index (χ3n) is 7.54. The lowest BCUT2D eigenvalue weighted by Gasteiger charge is -2.39. The zero-order chi connectivity index (χ0) is 31.8. The van der Waals surface area contributed by atoms with Crippen LogP contribution in [0.25, 0.3) is 0 Å². The van der Waals surface area contributed by atoms with Crippen LogP contribution in [0.2, 0.25) is 0 Å². The van der Waals surface area contributed by atoms with Gasteiger partial charge >= 0.3 is 6.09 Å². The van der Waals surface area contributed by atoms with Crippen LogP contribution < -0.4 is 10.0 Å². The van der Waals surface area contributed by atoms with Crippen molar-refractivity contribution >= 4 is 29.0 Å². The summed E-state index contributed by atoms with van der Waals surface area (Å²) >= 11 is -1.55. The number of nitrogens with zero attached hydrogens (tertiary/aromatic N) is 2. The normalized spacial score (nSPS) is 20.8. The molecule has 2 heterocycles. The smallest absolute Gasteiger partial charge is 0.411 e. The molecular formula is C31H41F3N4O4S. The summed E-state index contributed by atoms with van der Waals surface area (Å²) in [5, 5.41) is 2.45. The highest BCUT2D eigenvalue weighted by Crippen LogP contribution is 2.43. The van der Waals surface area contributed by atoms with Gasteiger partial charge in [0.2, 0.25) is 5.91 Å². The van der Waals surface area contributed by atoms with Gasteiger partial charge in [-0.25, -0.2) is 18.0 Å². The topological polar surface area (TPSA) is 107 Å². The third-order valence-corrected chi connectivity index (χ3v) is 9.18. The molecule has 0 unspecified atom stereocenters. The van der Waals surface area contributed by atoms with Crippen molar-refractivity contribution in [3.63, 3.8) is 0 Å². The molecule has 2 aliphatic rings. The molecule has 1 saturated heterocycles. The Labute approximate surface area is 254 Å². The number of nitrogens with one attached hydrogen (secondary N) is 2. The number of rotatable bonds is 9. The van der Waals surface area contributed by atoms with Crippen LogP contribution in [0.5, 0.6) is 0 Å². The van der Waals surface area contributed by atoms with E-state index >= 15 is 4.39 Å². The molecule has 1 aromatic carbocycles. The van der Waals surface area contributed by atoms with E-state index in [-0.39, 0.29) is 5.69 Å². The zero-order valence-electron chi connectivity index (χ0n) is 25.5. The number of anilines is 1. The molecule has 0 bridgehead atoms. The van der Waals surface area contributed by atoms with E-state index in [9.17, 15) is 22.9 Å². The van der Waals surface area contributed by atoms with Crippen molar-refractivity contribution in [1.29, 1.82) is 0 Å². The second kappa shape index (κ2) is 12.3. The van der Waals surface area contributed by atoms with Crippen molar-refractivity contribution in [1.82, 2.24) is 14.6 Å². The largest absolute Gasteiger partial charge is 0.598 e. The van der Waals surface area contributed by atoms with E-state index < -0.39 is 70.0 Å². The van der Waals surface area contributed by atoms with Gasteiger partial charge < -0.3 is 14.6 Å². The molecule has 0 radical (unpaired) electrons. The van der Waals surface area contributed by atoms with E-state index in [4.69, 9.17) is 4.74 Å². The van der Waals surface area contributed by atoms with Gasteiger partial charge in [0, 0.05) is 30.2 Å². The Morgan fingerprint density at radius 2 is 1.74 bits per heavy atom. The van der Waals surface area contributed by atoms with E-state index in [1.54, 1.807) is 51.4 Å². The average molecular weight is 623 g/mol. The van der Waals surface area contributed by atoms with Crippen LogP contribution in [0, 0.1) is 11.7 Å². The molecule has 2 fully saturated rings. The van der Waals surface area contributed by atoms with Crippen molar-refractivity contribution in [2.45, 2.75) is 101 Å². The second-order valence-corrected chi connectivity index (χ2v) is 15.4. The minimum atomic E-state index is -3.32. The summed E-state index contributed by atoms with van der Waals surface area (Å²) in [7, 11) is 0. The number of amides is 2. The summed E-state index contributed by atoms with van der Waals surface area (Å²) in [6.07, 6.45) is 4.82. The van der Waals surface area contributed by atoms with Gasteiger partial charge in [0.25, 0.3) is 5.92 Å². The summed E-state index contributed by atoms with van der Waals surface area (Å²) in [5.74, 6) is -4.54. The predicted molar refractivity (Wildman–Crippen MR) is 159 cm³/mol. The standard InChI is InChI=1S/C31H41F3N4O4S/c1-28(2,3)42-27(40)38-19-30(33,34)18-25(38)26(39)36-24-17-22(9-10-23(24)32)31(14-11-20-7-8-20,21-12-15-35-16-13-21)37-43(41)29(4,5)6/h9-10,12-13,15-17,20,25,37H,7-8,11,14,18-19H2,1-6H3,(H,36,39)/t25-,31+,43-/m1/s1. The van der Waals surface area contributed by atoms with Crippen molar-refractivity contribution in [3.8, 4) is 0 Å². The quantitative estimate of drug-likeness (QED) is 0.319. The fraction of sp³-hybridized carbons (Fsp3) is 0.581. The number of pyridine rings is 1. The van der Waals surface area contributed by atoms with Crippen molar-refractivity contribution in [2.75, 3.05) is 11.9 Å². The maximum atomic E-state index is 15.3. The monoisotopic (exact) mass is 622 g/mol. The van der Waals surface area contributed by atoms with Crippen LogP contribution in [0.3, 0.4) is 0 Å². The first-order valence-electron chi connectivity index (χ1n) is 14.5. The van der Waals surface area contributed by atoms with Gasteiger partial charge in [0.1, 0.15) is 27.7 Å². The highest BCUT2D eigenvalue weighted by molar-refractivity contribution is 7.90. The van der Waals surface area contributed by atoms with E-state index in [0.29, 0.717) is 22.8 Å². The molecule has 12 heteroatoms. The molecule has 1 aromatic heterocycles. The van der Waals surface area contributed by atoms with Crippen LogP contribution in [0.1, 0.15) is 84.8 Å². The summed E-state index contributed by atoms with van der Waals surface area (Å²) in [4.78, 5) is 30.9. The van der Waals surface area contributed by atoms with Gasteiger partial charge in [-0.05, 0) is 95.7 Å². The lowest BCUT2D eigenvalue weighted by atomic mass is 9.79. The number of hydrogen-bond donors (Lipinski definition) is 2. The fourth-order valence-electron chi connectivity index (χ4n) is 5.07. The van der Waals surface area contributed by atoms with Gasteiger partial charge in [-0.3, -0.25) is 14.7 Å². The number of benzene rings is 1. The van der Waals surface area contributed by atoms with Gasteiger partial charge in [0.05, 0.1) is 12.2 Å². The Hall–Kier alpha value is -2.83. The lowest BCUT2D eigenvalue weighted by Crippen LogP contribution is -2.52. The average Bonchev–Trinajstić information content (AvgIpc) is 3.67. The third kappa shape index (κ3) is 8.21. The Morgan fingerprint density at radius 1 is 1.09 bits per heavy atom. The molecule has 4 rings (SSSR count). The van der Waals surface area contributed by atoms with Gasteiger partial charge in [-0.1, -0.05) is 18.9 Å². The Kier molecular flexibility index (Phi) is 9.44. The molecule has 0 spiro atoms. The van der Waals surface area contributed by atoms with Crippen LogP contribution in [0.4, 0.5) is 23.7 Å². The summed E-state index contributed by atoms with van der Waals surface area (Å²) in [6.45, 7) is 9.32. The number of halogens is 3. The van der Waals surface area contributed by atoms with E-state index in [1.165, 1.54) is 12.1 Å². The molecule has 2 amide bonds. The maximum absolute atomic E-state index is 15.3. The Morgan fingerprint density at radius 3 is 2.33 bits per heavy atom. The molecular weight excluding hydrogens is 581 g/mol. The first-order chi connectivity index (χ1) is 19.9. The predicted octanol–water partition coefficient (Wildman–Crippen LogP) is 6.29. The molecule has 43 heavy (non-hydrogen) atoms. The van der Waals surface area contributed by atoms with Crippen LogP contribution in [-0.2, 0) is 26.4 Å². The van der Waals surface area contributed by atoms with E-state index in [2.05, 4.69) is 15.0 Å². The number of carbonyl (C=O) groups is 2. The lowest BCUT2D eigenvalue weighted by molar-refractivity contribution is -0.120. The second-order valence-electron chi connectivity index (χ2n) is 13.5. The van der Waals surface area contributed by atoms with Crippen molar-refractivity contribution in [2.24, 2.45) is 5.92 Å². The van der Waals surface area contributed by atoms with E-state index in [1.807, 2.05) is 20.8 Å². The molecule has 236 valence electrons. The molecule has 1 aliphatic heterocycles. The SMILES string of the molecule is CC(C)(C)OC(=O)N1CC(F)(F)C[C@@H]1C(=O)Nc1cc([C@@](CCC2CC2)(N[S@+]([O-])C(C)(C)C)c2ccncc2)ccc1F. The van der Waals surface area contributed by atoms with Crippen molar-refractivity contribution < 1.29 is 32.0 Å². The maximum Gasteiger partial charge on any atom is 0.411 e. The number of carbonyl (C=O) groups excluding carboxylic acids is 2. The highest BCUT2D eigenvalue weighted by Gasteiger charge is 2.51. The van der Waals surface area contributed by atoms with Crippen LogP contribution >= 0.6 is 0 Å². The number of alkyl halides is 2. The highest BCUT2D eigenvalue weighted by atomic mass is 32.2.